The van der Waals surface area contributed by atoms with Gasteiger partial charge in [0.1, 0.15) is 0 Å². The van der Waals surface area contributed by atoms with Crippen LogP contribution in [0.15, 0.2) is 0 Å². The van der Waals surface area contributed by atoms with E-state index >= 15 is 0 Å². The third-order valence-electron chi connectivity index (χ3n) is 4.77. The molecule has 0 aromatic carbocycles. The Morgan fingerprint density at radius 3 is 2.67 bits per heavy atom. The first kappa shape index (κ1) is 14.3. The Morgan fingerprint density at radius 2 is 1.89 bits per heavy atom. The minimum Gasteiger partial charge on any atom is -0.313 e. The largest absolute Gasteiger partial charge is 0.313 e. The van der Waals surface area contributed by atoms with Crippen molar-refractivity contribution in [1.82, 2.24) is 10.2 Å². The highest BCUT2D eigenvalue weighted by atomic mass is 15.2. The van der Waals surface area contributed by atoms with Gasteiger partial charge in [0.05, 0.1) is 0 Å². The molecule has 106 valence electrons. The molecule has 1 N–H and O–H groups in total. The van der Waals surface area contributed by atoms with Gasteiger partial charge in [-0.15, -0.1) is 0 Å². The van der Waals surface area contributed by atoms with Crippen molar-refractivity contribution in [3.63, 3.8) is 0 Å². The fraction of sp³-hybridized carbons (Fsp3) is 1.00. The first-order valence-corrected chi connectivity index (χ1v) is 8.34. The van der Waals surface area contributed by atoms with Crippen molar-refractivity contribution in [3.05, 3.63) is 0 Å². The van der Waals surface area contributed by atoms with E-state index in [-0.39, 0.29) is 0 Å². The number of hydrogen-bond acceptors (Lipinski definition) is 2. The molecule has 0 bridgehead atoms. The van der Waals surface area contributed by atoms with E-state index in [0.29, 0.717) is 0 Å². The Morgan fingerprint density at radius 1 is 1.06 bits per heavy atom. The summed E-state index contributed by atoms with van der Waals surface area (Å²) in [6.45, 7) is 7.45. The summed E-state index contributed by atoms with van der Waals surface area (Å²) in [5, 5.41) is 3.70. The van der Waals surface area contributed by atoms with E-state index in [1.54, 1.807) is 0 Å². The van der Waals surface area contributed by atoms with E-state index in [0.717, 1.165) is 12.0 Å². The zero-order valence-electron chi connectivity index (χ0n) is 12.3. The Kier molecular flexibility index (Phi) is 6.50. The van der Waals surface area contributed by atoms with Gasteiger partial charge in [-0.05, 0) is 51.2 Å². The first-order valence-electron chi connectivity index (χ1n) is 8.34. The molecule has 2 rings (SSSR count). The lowest BCUT2D eigenvalue weighted by molar-refractivity contribution is 0.172. The molecule has 2 aliphatic rings. The number of nitrogens with one attached hydrogen (secondary N) is 1. The lowest BCUT2D eigenvalue weighted by Gasteiger charge is -2.34. The van der Waals surface area contributed by atoms with Crippen LogP contribution in [0.5, 0.6) is 0 Å². The van der Waals surface area contributed by atoms with Crippen molar-refractivity contribution < 1.29 is 0 Å². The van der Waals surface area contributed by atoms with Crippen molar-refractivity contribution >= 4 is 0 Å². The number of likely N-dealkylation sites (tertiary alicyclic amines) is 1. The lowest BCUT2D eigenvalue weighted by atomic mass is 9.87. The standard InChI is InChI=1S/C16H32N2/c1-2-11-17-16-9-6-12-18(14-16)13-10-15-7-4-3-5-8-15/h15-17H,2-14H2,1H3. The molecular weight excluding hydrogens is 220 g/mol. The normalized spacial score (nSPS) is 27.5. The first-order chi connectivity index (χ1) is 8.88. The summed E-state index contributed by atoms with van der Waals surface area (Å²) < 4.78 is 0. The highest BCUT2D eigenvalue weighted by Crippen LogP contribution is 2.26. The average Bonchev–Trinajstić information content (AvgIpc) is 2.44. The summed E-state index contributed by atoms with van der Waals surface area (Å²) in [5.74, 6) is 1.04. The fourth-order valence-electron chi connectivity index (χ4n) is 3.61. The molecule has 1 aliphatic heterocycles. The van der Waals surface area contributed by atoms with Crippen molar-refractivity contribution in [2.45, 2.75) is 70.8 Å². The van der Waals surface area contributed by atoms with E-state index in [4.69, 9.17) is 0 Å². The number of hydrogen-bond donors (Lipinski definition) is 1. The molecule has 1 unspecified atom stereocenters. The topological polar surface area (TPSA) is 15.3 Å². The molecule has 2 fully saturated rings. The van der Waals surface area contributed by atoms with Crippen LogP contribution in [0.4, 0.5) is 0 Å². The van der Waals surface area contributed by atoms with Gasteiger partial charge in [-0.2, -0.15) is 0 Å². The van der Waals surface area contributed by atoms with Crippen molar-refractivity contribution in [2.24, 2.45) is 5.92 Å². The molecule has 0 radical (unpaired) electrons. The van der Waals surface area contributed by atoms with Crippen molar-refractivity contribution in [3.8, 4) is 0 Å². The Bertz CT molecular complexity index is 211. The maximum Gasteiger partial charge on any atom is 0.0195 e. The van der Waals surface area contributed by atoms with Gasteiger partial charge < -0.3 is 10.2 Å². The molecule has 0 aromatic heterocycles. The Balaban J connectivity index is 1.62. The maximum absolute atomic E-state index is 3.70. The van der Waals surface area contributed by atoms with Crippen LogP contribution in [0.25, 0.3) is 0 Å². The molecule has 1 atom stereocenters. The number of piperidine rings is 1. The third-order valence-corrected chi connectivity index (χ3v) is 4.77. The van der Waals surface area contributed by atoms with Crippen LogP contribution in [0.1, 0.15) is 64.7 Å². The van der Waals surface area contributed by atoms with Crippen LogP contribution in [-0.2, 0) is 0 Å². The van der Waals surface area contributed by atoms with Gasteiger partial charge in [0, 0.05) is 12.6 Å². The van der Waals surface area contributed by atoms with E-state index in [1.807, 2.05) is 0 Å². The van der Waals surface area contributed by atoms with Gasteiger partial charge in [0.25, 0.3) is 0 Å². The third kappa shape index (κ3) is 4.89. The number of nitrogens with zero attached hydrogens (tertiary/aromatic N) is 1. The highest BCUT2D eigenvalue weighted by molar-refractivity contribution is 4.79. The van der Waals surface area contributed by atoms with Crippen LogP contribution in [0.2, 0.25) is 0 Å². The van der Waals surface area contributed by atoms with Gasteiger partial charge in [-0.25, -0.2) is 0 Å². The average molecular weight is 252 g/mol. The van der Waals surface area contributed by atoms with Crippen LogP contribution in [0, 0.1) is 5.92 Å². The van der Waals surface area contributed by atoms with E-state index in [9.17, 15) is 0 Å². The molecule has 18 heavy (non-hydrogen) atoms. The van der Waals surface area contributed by atoms with Crippen molar-refractivity contribution in [2.75, 3.05) is 26.2 Å². The summed E-state index contributed by atoms with van der Waals surface area (Å²) in [7, 11) is 0. The minimum absolute atomic E-state index is 0.769. The van der Waals surface area contributed by atoms with Gasteiger partial charge in [0.15, 0.2) is 0 Å². The molecule has 1 saturated heterocycles. The monoisotopic (exact) mass is 252 g/mol. The van der Waals surface area contributed by atoms with Gasteiger partial charge >= 0.3 is 0 Å². The molecule has 0 amide bonds. The molecule has 0 spiro atoms. The van der Waals surface area contributed by atoms with Crippen LogP contribution >= 0.6 is 0 Å². The Hall–Kier alpha value is -0.0800. The summed E-state index contributed by atoms with van der Waals surface area (Å²) in [4.78, 5) is 2.71. The quantitative estimate of drug-likeness (QED) is 0.779. The maximum atomic E-state index is 3.70. The van der Waals surface area contributed by atoms with E-state index < -0.39 is 0 Å². The SMILES string of the molecule is CCCNC1CCCN(CCC2CCCCC2)C1. The summed E-state index contributed by atoms with van der Waals surface area (Å²) >= 11 is 0. The summed E-state index contributed by atoms with van der Waals surface area (Å²) in [6, 6.07) is 0.769. The molecule has 1 aliphatic carbocycles. The molecule has 1 saturated carbocycles. The smallest absolute Gasteiger partial charge is 0.0195 e. The van der Waals surface area contributed by atoms with Gasteiger partial charge in [0.2, 0.25) is 0 Å². The Labute approximate surface area is 114 Å². The predicted molar refractivity (Wildman–Crippen MR) is 78.9 cm³/mol. The zero-order valence-corrected chi connectivity index (χ0v) is 12.3. The molecule has 0 aromatic rings. The van der Waals surface area contributed by atoms with Crippen LogP contribution in [0.3, 0.4) is 0 Å². The van der Waals surface area contributed by atoms with E-state index in [1.165, 1.54) is 84.0 Å². The van der Waals surface area contributed by atoms with Gasteiger partial charge in [-0.3, -0.25) is 0 Å². The predicted octanol–water partition coefficient (Wildman–Crippen LogP) is 3.42. The number of rotatable bonds is 6. The summed E-state index contributed by atoms with van der Waals surface area (Å²) in [6.07, 6.45) is 13.0. The minimum atomic E-state index is 0.769. The van der Waals surface area contributed by atoms with Crippen LogP contribution < -0.4 is 5.32 Å². The molecule has 2 heteroatoms. The molecular formula is C16H32N2. The molecule has 2 nitrogen and oxygen atoms in total. The molecule has 1 heterocycles. The highest BCUT2D eigenvalue weighted by Gasteiger charge is 2.20. The second-order valence-corrected chi connectivity index (χ2v) is 6.39. The fourth-order valence-corrected chi connectivity index (χ4v) is 3.61. The second-order valence-electron chi connectivity index (χ2n) is 6.39. The van der Waals surface area contributed by atoms with Crippen LogP contribution in [-0.4, -0.2) is 37.1 Å². The van der Waals surface area contributed by atoms with Gasteiger partial charge in [-0.1, -0.05) is 39.0 Å². The van der Waals surface area contributed by atoms with Crippen molar-refractivity contribution in [1.29, 1.82) is 0 Å². The zero-order chi connectivity index (χ0) is 12.6. The summed E-state index contributed by atoms with van der Waals surface area (Å²) in [5.41, 5.74) is 0. The lowest BCUT2D eigenvalue weighted by Crippen LogP contribution is -2.46. The second kappa shape index (κ2) is 8.16. The van der Waals surface area contributed by atoms with E-state index in [2.05, 4.69) is 17.1 Å².